The van der Waals surface area contributed by atoms with E-state index in [0.29, 0.717) is 24.8 Å². The topological polar surface area (TPSA) is 90.7 Å². The van der Waals surface area contributed by atoms with Gasteiger partial charge in [-0.25, -0.2) is 4.98 Å². The van der Waals surface area contributed by atoms with Crippen LogP contribution in [0.2, 0.25) is 0 Å². The monoisotopic (exact) mass is 344 g/mol. The zero-order valence-electron chi connectivity index (χ0n) is 13.1. The van der Waals surface area contributed by atoms with Gasteiger partial charge in [-0.2, -0.15) is 5.21 Å². The first kappa shape index (κ1) is 15.0. The molecule has 0 saturated carbocycles. The van der Waals surface area contributed by atoms with Gasteiger partial charge in [-0.05, 0) is 25.1 Å². The highest BCUT2D eigenvalue weighted by Crippen LogP contribution is 2.35. The maximum atomic E-state index is 5.68. The molecule has 3 heterocycles. The van der Waals surface area contributed by atoms with Crippen molar-refractivity contribution in [2.75, 3.05) is 13.2 Å². The lowest BCUT2D eigenvalue weighted by Gasteiger charge is -2.19. The molecule has 0 fully saturated rings. The zero-order valence-corrected chi connectivity index (χ0v) is 13.9. The Hall–Kier alpha value is -2.55. The van der Waals surface area contributed by atoms with E-state index in [4.69, 9.17) is 9.47 Å². The molecule has 3 aromatic rings. The zero-order chi connectivity index (χ0) is 16.4. The van der Waals surface area contributed by atoms with Crippen LogP contribution in [0.3, 0.4) is 0 Å². The summed E-state index contributed by atoms with van der Waals surface area (Å²) in [6.07, 6.45) is 1.88. The lowest BCUT2D eigenvalue weighted by atomic mass is 10.1. The molecule has 0 saturated heterocycles. The Labute approximate surface area is 142 Å². The van der Waals surface area contributed by atoms with Crippen molar-refractivity contribution < 1.29 is 9.47 Å². The minimum Gasteiger partial charge on any atom is -0.486 e. The van der Waals surface area contributed by atoms with E-state index in [1.807, 2.05) is 24.4 Å². The number of tetrazole rings is 1. The third-order valence-corrected chi connectivity index (χ3v) is 4.68. The summed E-state index contributed by atoms with van der Waals surface area (Å²) in [5.74, 6) is 2.85. The molecule has 0 radical (unpaired) electrons. The van der Waals surface area contributed by atoms with Crippen LogP contribution in [0.4, 0.5) is 0 Å². The summed E-state index contributed by atoms with van der Waals surface area (Å²) in [5.41, 5.74) is 2.10. The van der Waals surface area contributed by atoms with E-state index in [2.05, 4.69) is 37.1 Å². The molecule has 1 aliphatic heterocycles. The molecular formula is C15H16N6O2S. The van der Waals surface area contributed by atoms with Crippen molar-refractivity contribution in [1.29, 1.82) is 0 Å². The van der Waals surface area contributed by atoms with Crippen LogP contribution >= 0.6 is 11.8 Å². The number of H-pyrrole nitrogens is 1. The van der Waals surface area contributed by atoms with E-state index in [1.165, 1.54) is 0 Å². The number of rotatable bonds is 5. The summed E-state index contributed by atoms with van der Waals surface area (Å²) in [6.45, 7) is 4.09. The quantitative estimate of drug-likeness (QED) is 0.709. The van der Waals surface area contributed by atoms with Crippen molar-refractivity contribution in [3.63, 3.8) is 0 Å². The van der Waals surface area contributed by atoms with Gasteiger partial charge in [0.05, 0.1) is 17.6 Å². The van der Waals surface area contributed by atoms with Gasteiger partial charge in [-0.15, -0.1) is 10.2 Å². The van der Waals surface area contributed by atoms with Crippen molar-refractivity contribution in [2.24, 2.45) is 0 Å². The van der Waals surface area contributed by atoms with Crippen molar-refractivity contribution in [2.45, 2.75) is 24.4 Å². The summed E-state index contributed by atoms with van der Waals surface area (Å²) in [7, 11) is 0. The molecule has 1 aliphatic rings. The molecular weight excluding hydrogens is 328 g/mol. The average Bonchev–Trinajstić information content (AvgIpc) is 3.28. The van der Waals surface area contributed by atoms with E-state index in [9.17, 15) is 0 Å². The van der Waals surface area contributed by atoms with Gasteiger partial charge in [0.15, 0.2) is 22.5 Å². The van der Waals surface area contributed by atoms with Crippen LogP contribution < -0.4 is 9.47 Å². The standard InChI is InChI=1S/C15H16N6O2S/c1-2-21-11(8-16-15(21)24-9-14-17-19-20-18-14)10-3-4-12-13(7-10)23-6-5-22-12/h3-4,7-8H,2,5-6,9H2,1H3,(H,17,18,19,20). The second-order valence-electron chi connectivity index (χ2n) is 5.15. The molecule has 0 amide bonds. The smallest absolute Gasteiger partial charge is 0.184 e. The fourth-order valence-electron chi connectivity index (χ4n) is 2.59. The summed E-state index contributed by atoms with van der Waals surface area (Å²) >= 11 is 1.58. The number of imidazole rings is 1. The highest BCUT2D eigenvalue weighted by atomic mass is 32.2. The second kappa shape index (κ2) is 6.52. The van der Waals surface area contributed by atoms with Gasteiger partial charge >= 0.3 is 0 Å². The number of nitrogens with zero attached hydrogens (tertiary/aromatic N) is 5. The number of hydrogen-bond acceptors (Lipinski definition) is 7. The molecule has 9 heteroatoms. The van der Waals surface area contributed by atoms with Crippen molar-refractivity contribution >= 4 is 11.8 Å². The lowest BCUT2D eigenvalue weighted by molar-refractivity contribution is 0.171. The molecule has 24 heavy (non-hydrogen) atoms. The Morgan fingerprint density at radius 1 is 1.25 bits per heavy atom. The number of nitrogens with one attached hydrogen (secondary N) is 1. The molecule has 8 nitrogen and oxygen atoms in total. The number of benzene rings is 1. The third kappa shape index (κ3) is 2.82. The summed E-state index contributed by atoms with van der Waals surface area (Å²) in [4.78, 5) is 4.54. The SMILES string of the molecule is CCn1c(-c2ccc3c(c2)OCCO3)cnc1SCc1nn[nH]n1. The van der Waals surface area contributed by atoms with Crippen LogP contribution in [-0.2, 0) is 12.3 Å². The minimum absolute atomic E-state index is 0.579. The summed E-state index contributed by atoms with van der Waals surface area (Å²) in [6, 6.07) is 5.98. The Bertz CT molecular complexity index is 833. The maximum Gasteiger partial charge on any atom is 0.184 e. The molecule has 4 rings (SSSR count). The molecule has 0 bridgehead atoms. The molecule has 1 N–H and O–H groups in total. The van der Waals surface area contributed by atoms with Crippen LogP contribution in [0.15, 0.2) is 29.6 Å². The summed E-state index contributed by atoms with van der Waals surface area (Å²) in [5, 5.41) is 14.9. The van der Waals surface area contributed by atoms with Gasteiger partial charge in [-0.3, -0.25) is 0 Å². The largest absolute Gasteiger partial charge is 0.486 e. The molecule has 2 aromatic heterocycles. The Balaban J connectivity index is 1.61. The number of aromatic nitrogens is 6. The first-order valence-corrected chi connectivity index (χ1v) is 8.64. The summed E-state index contributed by atoms with van der Waals surface area (Å²) < 4.78 is 13.4. The van der Waals surface area contributed by atoms with E-state index >= 15 is 0 Å². The normalized spacial score (nSPS) is 13.2. The van der Waals surface area contributed by atoms with Crippen molar-refractivity contribution in [3.8, 4) is 22.8 Å². The van der Waals surface area contributed by atoms with Gasteiger partial charge in [-0.1, -0.05) is 17.0 Å². The molecule has 0 aliphatic carbocycles. The van der Waals surface area contributed by atoms with Crippen LogP contribution in [0.25, 0.3) is 11.3 Å². The van der Waals surface area contributed by atoms with Gasteiger partial charge in [0.2, 0.25) is 0 Å². The molecule has 1 aromatic carbocycles. The van der Waals surface area contributed by atoms with Crippen LogP contribution in [0.5, 0.6) is 11.5 Å². The van der Waals surface area contributed by atoms with Crippen LogP contribution in [0, 0.1) is 0 Å². The number of thioether (sulfide) groups is 1. The number of aromatic amines is 1. The van der Waals surface area contributed by atoms with Crippen LogP contribution in [-0.4, -0.2) is 43.4 Å². The van der Waals surface area contributed by atoms with E-state index < -0.39 is 0 Å². The minimum atomic E-state index is 0.579. The van der Waals surface area contributed by atoms with Crippen LogP contribution in [0.1, 0.15) is 12.7 Å². The molecule has 124 valence electrons. The number of ether oxygens (including phenoxy) is 2. The molecule has 0 atom stereocenters. The first-order chi connectivity index (χ1) is 11.8. The third-order valence-electron chi connectivity index (χ3n) is 3.69. The second-order valence-corrected chi connectivity index (χ2v) is 6.09. The van der Waals surface area contributed by atoms with Crippen molar-refractivity contribution in [1.82, 2.24) is 30.2 Å². The molecule has 0 unspecified atom stereocenters. The Morgan fingerprint density at radius 2 is 2.12 bits per heavy atom. The predicted molar refractivity (Wildman–Crippen MR) is 88.1 cm³/mol. The van der Waals surface area contributed by atoms with E-state index in [-0.39, 0.29) is 0 Å². The number of hydrogen-bond donors (Lipinski definition) is 1. The Kier molecular flexibility index (Phi) is 4.08. The number of fused-ring (bicyclic) bond motifs is 1. The van der Waals surface area contributed by atoms with E-state index in [0.717, 1.165) is 34.5 Å². The predicted octanol–water partition coefficient (Wildman–Crippen LogP) is 2.15. The van der Waals surface area contributed by atoms with Gasteiger partial charge in [0.1, 0.15) is 13.2 Å². The highest BCUT2D eigenvalue weighted by molar-refractivity contribution is 7.98. The van der Waals surface area contributed by atoms with Gasteiger partial charge < -0.3 is 14.0 Å². The van der Waals surface area contributed by atoms with Gasteiger partial charge in [0, 0.05) is 12.1 Å². The lowest BCUT2D eigenvalue weighted by Crippen LogP contribution is -2.15. The van der Waals surface area contributed by atoms with E-state index in [1.54, 1.807) is 11.8 Å². The fourth-order valence-corrected chi connectivity index (χ4v) is 3.48. The maximum absolute atomic E-state index is 5.68. The Morgan fingerprint density at radius 3 is 2.92 bits per heavy atom. The van der Waals surface area contributed by atoms with Gasteiger partial charge in [0.25, 0.3) is 0 Å². The molecule has 0 spiro atoms. The highest BCUT2D eigenvalue weighted by Gasteiger charge is 2.16. The first-order valence-electron chi connectivity index (χ1n) is 7.66. The van der Waals surface area contributed by atoms with Crippen molar-refractivity contribution in [3.05, 3.63) is 30.2 Å². The fraction of sp³-hybridized carbons (Fsp3) is 0.333. The average molecular weight is 344 g/mol.